The smallest absolute Gasteiger partial charge is 0.115 e. The average Bonchev–Trinajstić information content (AvgIpc) is 2.88. The van der Waals surface area contributed by atoms with Crippen molar-refractivity contribution in [2.24, 2.45) is 0 Å². The molecule has 5 heteroatoms. The standard InChI is InChI=1S/C7H9N.C5H6N2.C5H7NS/c1-6-3-4-7(2)8-5-6;1-5-2-6-4-7-3-5;1-4-3-6-5(2)7-4/h3-5H,1-2H3;2-4H,1H3;3H,1-2H3. The highest BCUT2D eigenvalue weighted by molar-refractivity contribution is 7.11. The van der Waals surface area contributed by atoms with Crippen molar-refractivity contribution in [1.82, 2.24) is 19.9 Å². The third kappa shape index (κ3) is 8.21. The van der Waals surface area contributed by atoms with E-state index < -0.39 is 0 Å². The summed E-state index contributed by atoms with van der Waals surface area (Å²) in [6, 6.07) is 4.07. The molecule has 0 saturated heterocycles. The molecule has 22 heavy (non-hydrogen) atoms. The minimum Gasteiger partial charge on any atom is -0.261 e. The normalized spacial score (nSPS) is 9.14. The van der Waals surface area contributed by atoms with Gasteiger partial charge >= 0.3 is 0 Å². The molecule has 4 nitrogen and oxygen atoms in total. The first-order valence-electron chi connectivity index (χ1n) is 6.97. The molecular formula is C17H22N4S. The predicted molar refractivity (Wildman–Crippen MR) is 92.1 cm³/mol. The highest BCUT2D eigenvalue weighted by atomic mass is 32.1. The first-order chi connectivity index (χ1) is 10.5. The van der Waals surface area contributed by atoms with Gasteiger partial charge in [0.15, 0.2) is 0 Å². The average molecular weight is 314 g/mol. The summed E-state index contributed by atoms with van der Waals surface area (Å²) in [5, 5.41) is 1.15. The molecule has 3 aromatic heterocycles. The Morgan fingerprint density at radius 2 is 1.41 bits per heavy atom. The second-order valence-corrected chi connectivity index (χ2v) is 6.32. The Morgan fingerprint density at radius 1 is 0.727 bits per heavy atom. The van der Waals surface area contributed by atoms with Gasteiger partial charge in [-0.2, -0.15) is 0 Å². The topological polar surface area (TPSA) is 51.6 Å². The fourth-order valence-electron chi connectivity index (χ4n) is 1.38. The fraction of sp³-hybridized carbons (Fsp3) is 0.294. The predicted octanol–water partition coefficient (Wildman–Crippen LogP) is 4.24. The lowest BCUT2D eigenvalue weighted by Crippen LogP contribution is -1.78. The number of nitrogens with zero attached hydrogens (tertiary/aromatic N) is 4. The molecule has 0 aliphatic carbocycles. The van der Waals surface area contributed by atoms with Crippen LogP contribution in [0.2, 0.25) is 0 Å². The van der Waals surface area contributed by atoms with Crippen LogP contribution in [0.15, 0.2) is 43.2 Å². The second kappa shape index (κ2) is 9.73. The molecule has 0 atom stereocenters. The fourth-order valence-corrected chi connectivity index (χ4v) is 2.06. The van der Waals surface area contributed by atoms with Crippen molar-refractivity contribution in [1.29, 1.82) is 0 Å². The van der Waals surface area contributed by atoms with Crippen molar-refractivity contribution in [3.63, 3.8) is 0 Å². The van der Waals surface area contributed by atoms with Gasteiger partial charge in [-0.3, -0.25) is 4.98 Å². The molecule has 0 aliphatic heterocycles. The van der Waals surface area contributed by atoms with E-state index in [9.17, 15) is 0 Å². The molecule has 0 amide bonds. The molecule has 3 heterocycles. The van der Waals surface area contributed by atoms with Crippen LogP contribution in [0.3, 0.4) is 0 Å². The third-order valence-corrected chi connectivity index (χ3v) is 3.31. The van der Waals surface area contributed by atoms with Crippen molar-refractivity contribution in [2.45, 2.75) is 34.6 Å². The van der Waals surface area contributed by atoms with Crippen LogP contribution in [0.1, 0.15) is 26.7 Å². The Balaban J connectivity index is 0.000000166. The summed E-state index contributed by atoms with van der Waals surface area (Å²) in [6.07, 6.45) is 8.82. The quantitative estimate of drug-likeness (QED) is 0.622. The van der Waals surface area contributed by atoms with E-state index in [4.69, 9.17) is 0 Å². The SMILES string of the molecule is Cc1ccc(C)nc1.Cc1cnc(C)s1.Cc1cncnc1. The largest absolute Gasteiger partial charge is 0.261 e. The lowest BCUT2D eigenvalue weighted by molar-refractivity contribution is 1.13. The maximum atomic E-state index is 4.08. The van der Waals surface area contributed by atoms with E-state index >= 15 is 0 Å². The van der Waals surface area contributed by atoms with Gasteiger partial charge in [-0.05, 0) is 51.8 Å². The Kier molecular flexibility index (Phi) is 7.92. The first-order valence-corrected chi connectivity index (χ1v) is 7.79. The van der Waals surface area contributed by atoms with E-state index in [-0.39, 0.29) is 0 Å². The van der Waals surface area contributed by atoms with Crippen molar-refractivity contribution >= 4 is 11.3 Å². The first kappa shape index (κ1) is 17.9. The van der Waals surface area contributed by atoms with Crippen molar-refractivity contribution in [3.8, 4) is 0 Å². The van der Waals surface area contributed by atoms with E-state index in [1.54, 1.807) is 23.7 Å². The molecule has 0 bridgehead atoms. The number of aryl methyl sites for hydroxylation is 5. The van der Waals surface area contributed by atoms with E-state index in [1.807, 2.05) is 46.2 Å². The maximum absolute atomic E-state index is 4.08. The zero-order chi connectivity index (χ0) is 16.4. The minimum atomic E-state index is 1.08. The summed E-state index contributed by atoms with van der Waals surface area (Å²) in [5.41, 5.74) is 3.40. The Hall–Kier alpha value is -2.14. The minimum absolute atomic E-state index is 1.08. The van der Waals surface area contributed by atoms with Crippen LogP contribution in [0.5, 0.6) is 0 Å². The van der Waals surface area contributed by atoms with E-state index in [2.05, 4.69) is 32.9 Å². The van der Waals surface area contributed by atoms with Crippen LogP contribution in [-0.4, -0.2) is 19.9 Å². The van der Waals surface area contributed by atoms with Gasteiger partial charge in [-0.25, -0.2) is 15.0 Å². The molecule has 0 N–H and O–H groups in total. The summed E-state index contributed by atoms with van der Waals surface area (Å²) in [7, 11) is 0. The Bertz CT molecular complexity index is 610. The Labute approximate surface area is 136 Å². The molecule has 0 unspecified atom stereocenters. The van der Waals surface area contributed by atoms with Crippen LogP contribution < -0.4 is 0 Å². The van der Waals surface area contributed by atoms with Crippen LogP contribution in [-0.2, 0) is 0 Å². The molecule has 3 rings (SSSR count). The van der Waals surface area contributed by atoms with Crippen LogP contribution in [0.25, 0.3) is 0 Å². The third-order valence-electron chi connectivity index (χ3n) is 2.49. The highest BCUT2D eigenvalue weighted by Gasteiger charge is 1.86. The second-order valence-electron chi connectivity index (χ2n) is 4.88. The van der Waals surface area contributed by atoms with Crippen LogP contribution in [0, 0.1) is 34.6 Å². The highest BCUT2D eigenvalue weighted by Crippen LogP contribution is 2.07. The van der Waals surface area contributed by atoms with Crippen molar-refractivity contribution in [3.05, 3.63) is 70.0 Å². The summed E-state index contributed by atoms with van der Waals surface area (Å²) in [5.74, 6) is 0. The van der Waals surface area contributed by atoms with Gasteiger partial charge in [0.05, 0.1) is 5.01 Å². The van der Waals surface area contributed by atoms with E-state index in [0.717, 1.165) is 16.3 Å². The number of aromatic nitrogens is 4. The molecular weight excluding hydrogens is 292 g/mol. The molecule has 0 aromatic carbocycles. The van der Waals surface area contributed by atoms with Gasteiger partial charge in [0.2, 0.25) is 0 Å². The molecule has 0 aliphatic rings. The number of rotatable bonds is 0. The monoisotopic (exact) mass is 314 g/mol. The number of hydrogen-bond acceptors (Lipinski definition) is 5. The number of thiazole rings is 1. The summed E-state index contributed by atoms with van der Waals surface area (Å²) < 4.78 is 0. The van der Waals surface area contributed by atoms with Gasteiger partial charge in [-0.1, -0.05) is 6.07 Å². The van der Waals surface area contributed by atoms with Gasteiger partial charge < -0.3 is 0 Å². The lowest BCUT2D eigenvalue weighted by atomic mass is 10.3. The van der Waals surface area contributed by atoms with E-state index in [0.29, 0.717) is 0 Å². The maximum Gasteiger partial charge on any atom is 0.115 e. The van der Waals surface area contributed by atoms with E-state index in [1.165, 1.54) is 16.8 Å². The number of pyridine rings is 1. The lowest BCUT2D eigenvalue weighted by Gasteiger charge is -1.89. The van der Waals surface area contributed by atoms with Gasteiger partial charge in [0.25, 0.3) is 0 Å². The number of hydrogen-bond donors (Lipinski definition) is 0. The van der Waals surface area contributed by atoms with Crippen molar-refractivity contribution < 1.29 is 0 Å². The van der Waals surface area contributed by atoms with Gasteiger partial charge in [-0.15, -0.1) is 11.3 Å². The van der Waals surface area contributed by atoms with Crippen LogP contribution in [0.4, 0.5) is 0 Å². The molecule has 3 aromatic rings. The van der Waals surface area contributed by atoms with Crippen molar-refractivity contribution in [2.75, 3.05) is 0 Å². The molecule has 0 radical (unpaired) electrons. The summed E-state index contributed by atoms with van der Waals surface area (Å²) in [6.45, 7) is 10.0. The molecule has 116 valence electrons. The molecule has 0 saturated carbocycles. The van der Waals surface area contributed by atoms with Gasteiger partial charge in [0.1, 0.15) is 6.33 Å². The molecule has 0 spiro atoms. The Morgan fingerprint density at radius 3 is 1.68 bits per heavy atom. The molecule has 0 fully saturated rings. The summed E-state index contributed by atoms with van der Waals surface area (Å²) in [4.78, 5) is 16.9. The summed E-state index contributed by atoms with van der Waals surface area (Å²) >= 11 is 1.73. The zero-order valence-corrected chi connectivity index (χ0v) is 14.6. The van der Waals surface area contributed by atoms with Crippen LogP contribution >= 0.6 is 11.3 Å². The van der Waals surface area contributed by atoms with Gasteiger partial charge in [0, 0.05) is 35.4 Å². The zero-order valence-electron chi connectivity index (χ0n) is 13.7.